The lowest BCUT2D eigenvalue weighted by atomic mass is 9.95. The lowest BCUT2D eigenvalue weighted by Gasteiger charge is -2.20. The number of hydrogen-bond acceptors (Lipinski definition) is 1. The molecule has 112 valence electrons. The topological polar surface area (TPSA) is 12.0 Å². The molecule has 0 radical (unpaired) electrons. The van der Waals surface area contributed by atoms with Crippen molar-refractivity contribution >= 4 is 23.2 Å². The van der Waals surface area contributed by atoms with Crippen LogP contribution in [0.3, 0.4) is 0 Å². The van der Waals surface area contributed by atoms with Crippen molar-refractivity contribution in [3.05, 3.63) is 33.8 Å². The van der Waals surface area contributed by atoms with Crippen LogP contribution in [0.15, 0.2) is 18.2 Å². The monoisotopic (exact) mass is 313 g/mol. The third-order valence-electron chi connectivity index (χ3n) is 4.36. The van der Waals surface area contributed by atoms with E-state index >= 15 is 0 Å². The summed E-state index contributed by atoms with van der Waals surface area (Å²) in [5, 5.41) is 5.21. The molecule has 1 nitrogen and oxygen atoms in total. The molecule has 0 bridgehead atoms. The molecule has 1 saturated carbocycles. The SMILES string of the molecule is CCNC(CCC1CCCC1)Cc1cc(Cl)ccc1Cl. The third kappa shape index (κ3) is 4.95. The highest BCUT2D eigenvalue weighted by molar-refractivity contribution is 6.33. The highest BCUT2D eigenvalue weighted by Crippen LogP contribution is 2.30. The van der Waals surface area contributed by atoms with Crippen molar-refractivity contribution in [2.45, 2.75) is 57.9 Å². The normalized spacial score (nSPS) is 17.6. The number of likely N-dealkylation sites (N-methyl/N-ethyl adjacent to an activating group) is 1. The fraction of sp³-hybridized carbons (Fsp3) is 0.647. The summed E-state index contributed by atoms with van der Waals surface area (Å²) in [6, 6.07) is 6.27. The number of benzene rings is 1. The first-order valence-electron chi connectivity index (χ1n) is 7.86. The van der Waals surface area contributed by atoms with Crippen molar-refractivity contribution in [3.8, 4) is 0 Å². The van der Waals surface area contributed by atoms with Crippen LogP contribution < -0.4 is 5.32 Å². The minimum atomic E-state index is 0.511. The molecule has 0 spiro atoms. The van der Waals surface area contributed by atoms with E-state index in [2.05, 4.69) is 12.2 Å². The molecule has 1 unspecified atom stereocenters. The Bertz CT molecular complexity index is 413. The fourth-order valence-corrected chi connectivity index (χ4v) is 3.66. The van der Waals surface area contributed by atoms with E-state index < -0.39 is 0 Å². The van der Waals surface area contributed by atoms with Crippen LogP contribution in [-0.2, 0) is 6.42 Å². The lowest BCUT2D eigenvalue weighted by molar-refractivity contribution is 0.407. The van der Waals surface area contributed by atoms with Crippen molar-refractivity contribution in [1.29, 1.82) is 0 Å². The van der Waals surface area contributed by atoms with Gasteiger partial charge >= 0.3 is 0 Å². The van der Waals surface area contributed by atoms with Gasteiger partial charge in [0.1, 0.15) is 0 Å². The molecule has 1 aromatic carbocycles. The van der Waals surface area contributed by atoms with Crippen LogP contribution in [0.5, 0.6) is 0 Å². The molecule has 1 aromatic rings. The van der Waals surface area contributed by atoms with Gasteiger partial charge in [-0.15, -0.1) is 0 Å². The maximum atomic E-state index is 6.28. The van der Waals surface area contributed by atoms with Crippen molar-refractivity contribution in [1.82, 2.24) is 5.32 Å². The molecule has 0 heterocycles. The van der Waals surface area contributed by atoms with Gasteiger partial charge in [0.15, 0.2) is 0 Å². The van der Waals surface area contributed by atoms with E-state index in [0.717, 1.165) is 34.5 Å². The molecule has 0 saturated heterocycles. The summed E-state index contributed by atoms with van der Waals surface area (Å²) >= 11 is 12.4. The number of halogens is 2. The highest BCUT2D eigenvalue weighted by Gasteiger charge is 2.18. The summed E-state index contributed by atoms with van der Waals surface area (Å²) in [4.78, 5) is 0. The van der Waals surface area contributed by atoms with Gasteiger partial charge in [-0.2, -0.15) is 0 Å². The molecule has 1 atom stereocenters. The van der Waals surface area contributed by atoms with Crippen molar-refractivity contribution in [2.75, 3.05) is 6.54 Å². The van der Waals surface area contributed by atoms with Crippen LogP contribution in [0.4, 0.5) is 0 Å². The number of nitrogens with one attached hydrogen (secondary N) is 1. The van der Waals surface area contributed by atoms with Gasteiger partial charge in [-0.05, 0) is 55.5 Å². The summed E-state index contributed by atoms with van der Waals surface area (Å²) < 4.78 is 0. The average molecular weight is 314 g/mol. The maximum absolute atomic E-state index is 6.28. The second-order valence-corrected chi connectivity index (χ2v) is 6.77. The Balaban J connectivity index is 1.91. The van der Waals surface area contributed by atoms with Crippen LogP contribution >= 0.6 is 23.2 Å². The molecule has 0 aromatic heterocycles. The summed E-state index contributed by atoms with van der Waals surface area (Å²) in [7, 11) is 0. The van der Waals surface area contributed by atoms with Crippen molar-refractivity contribution in [2.24, 2.45) is 5.92 Å². The first kappa shape index (κ1) is 16.1. The molecule has 2 rings (SSSR count). The van der Waals surface area contributed by atoms with Crippen molar-refractivity contribution < 1.29 is 0 Å². The predicted molar refractivity (Wildman–Crippen MR) is 88.8 cm³/mol. The van der Waals surface area contributed by atoms with Gasteiger partial charge in [0.05, 0.1) is 0 Å². The smallest absolute Gasteiger partial charge is 0.0439 e. The van der Waals surface area contributed by atoms with Crippen LogP contribution in [-0.4, -0.2) is 12.6 Å². The van der Waals surface area contributed by atoms with Gasteiger partial charge in [0.25, 0.3) is 0 Å². The summed E-state index contributed by atoms with van der Waals surface area (Å²) in [6.45, 7) is 3.18. The van der Waals surface area contributed by atoms with E-state index in [1.165, 1.54) is 38.5 Å². The van der Waals surface area contributed by atoms with E-state index in [1.807, 2.05) is 18.2 Å². The number of hydrogen-bond donors (Lipinski definition) is 1. The van der Waals surface area contributed by atoms with Gasteiger partial charge in [-0.1, -0.05) is 55.8 Å². The van der Waals surface area contributed by atoms with Crippen LogP contribution in [0.1, 0.15) is 51.0 Å². The first-order valence-corrected chi connectivity index (χ1v) is 8.62. The lowest BCUT2D eigenvalue weighted by Crippen LogP contribution is -2.31. The standard InChI is InChI=1S/C17H25Cl2N/c1-2-20-16(9-7-13-5-3-4-6-13)12-14-11-15(18)8-10-17(14)19/h8,10-11,13,16,20H,2-7,9,12H2,1H3. The Morgan fingerprint density at radius 1 is 1.25 bits per heavy atom. The van der Waals surface area contributed by atoms with Crippen LogP contribution in [0.2, 0.25) is 10.0 Å². The highest BCUT2D eigenvalue weighted by atomic mass is 35.5. The van der Waals surface area contributed by atoms with Crippen LogP contribution in [0.25, 0.3) is 0 Å². The quantitative estimate of drug-likeness (QED) is 0.702. The molecule has 20 heavy (non-hydrogen) atoms. The zero-order chi connectivity index (χ0) is 14.4. The third-order valence-corrected chi connectivity index (χ3v) is 4.97. The van der Waals surface area contributed by atoms with Crippen molar-refractivity contribution in [3.63, 3.8) is 0 Å². The van der Waals surface area contributed by atoms with Crippen LogP contribution in [0, 0.1) is 5.92 Å². The summed E-state index contributed by atoms with van der Waals surface area (Å²) in [6.07, 6.45) is 9.26. The van der Waals surface area contributed by atoms with Gasteiger partial charge in [-0.25, -0.2) is 0 Å². The Morgan fingerprint density at radius 3 is 2.70 bits per heavy atom. The predicted octanol–water partition coefficient (Wildman–Crippen LogP) is 5.48. The minimum absolute atomic E-state index is 0.511. The molecular weight excluding hydrogens is 289 g/mol. The molecule has 3 heteroatoms. The number of rotatable bonds is 7. The van der Waals surface area contributed by atoms with E-state index in [-0.39, 0.29) is 0 Å². The molecule has 1 aliphatic carbocycles. The molecule has 1 aliphatic rings. The van der Waals surface area contributed by atoms with Gasteiger partial charge in [0, 0.05) is 16.1 Å². The summed E-state index contributed by atoms with van der Waals surface area (Å²) in [5.41, 5.74) is 1.16. The van der Waals surface area contributed by atoms with Gasteiger partial charge in [0.2, 0.25) is 0 Å². The average Bonchev–Trinajstić information content (AvgIpc) is 2.93. The molecular formula is C17H25Cl2N. The van der Waals surface area contributed by atoms with Gasteiger partial charge < -0.3 is 5.32 Å². The van der Waals surface area contributed by atoms with Gasteiger partial charge in [-0.3, -0.25) is 0 Å². The second kappa shape index (κ2) is 8.26. The molecule has 1 N–H and O–H groups in total. The molecule has 1 fully saturated rings. The largest absolute Gasteiger partial charge is 0.314 e. The van der Waals surface area contributed by atoms with E-state index in [0.29, 0.717) is 6.04 Å². The van der Waals surface area contributed by atoms with E-state index in [4.69, 9.17) is 23.2 Å². The molecule has 0 aliphatic heterocycles. The zero-order valence-electron chi connectivity index (χ0n) is 12.3. The Kier molecular flexibility index (Phi) is 6.67. The first-order chi connectivity index (χ1) is 9.69. The Labute approximate surface area is 133 Å². The Morgan fingerprint density at radius 2 is 2.00 bits per heavy atom. The summed E-state index contributed by atoms with van der Waals surface area (Å²) in [5.74, 6) is 0.950. The zero-order valence-corrected chi connectivity index (χ0v) is 13.8. The fourth-order valence-electron chi connectivity index (χ4n) is 3.27. The Hall–Kier alpha value is -0.240. The minimum Gasteiger partial charge on any atom is -0.314 e. The van der Waals surface area contributed by atoms with E-state index in [1.54, 1.807) is 0 Å². The molecule has 0 amide bonds. The second-order valence-electron chi connectivity index (χ2n) is 5.92. The maximum Gasteiger partial charge on any atom is 0.0439 e. The van der Waals surface area contributed by atoms with E-state index in [9.17, 15) is 0 Å².